The maximum Gasteiger partial charge on any atom is 0.274 e. The van der Waals surface area contributed by atoms with Gasteiger partial charge in [0.25, 0.3) is 11.5 Å². The fourth-order valence-corrected chi connectivity index (χ4v) is 3.92. The number of piperidine rings is 1. The van der Waals surface area contributed by atoms with E-state index in [-0.39, 0.29) is 17.5 Å². The predicted molar refractivity (Wildman–Crippen MR) is 109 cm³/mol. The molecule has 0 bridgehead atoms. The van der Waals surface area contributed by atoms with Gasteiger partial charge in [-0.05, 0) is 56.4 Å². The van der Waals surface area contributed by atoms with Gasteiger partial charge < -0.3 is 4.90 Å². The second kappa shape index (κ2) is 7.54. The summed E-state index contributed by atoms with van der Waals surface area (Å²) in [5, 5.41) is 5.63. The van der Waals surface area contributed by atoms with Crippen LogP contribution in [0, 0.1) is 0 Å². The van der Waals surface area contributed by atoms with E-state index in [0.29, 0.717) is 35.5 Å². The molecule has 6 heteroatoms. The molecule has 6 nitrogen and oxygen atoms in total. The largest absolute Gasteiger partial charge is 0.337 e. The average molecular weight is 376 g/mol. The van der Waals surface area contributed by atoms with Gasteiger partial charge in [-0.15, -0.1) is 0 Å². The standard InChI is InChI=1S/C22H24N4O2/c1-15(2)26-21(27)19-6-4-3-5-18(19)20(24-26)22(28)25-13-9-17(10-14-25)16-7-11-23-12-8-16/h3-8,11-12,15,17H,9-10,13-14H2,1-2H3. The summed E-state index contributed by atoms with van der Waals surface area (Å²) >= 11 is 0. The Morgan fingerprint density at radius 2 is 1.68 bits per heavy atom. The van der Waals surface area contributed by atoms with Crippen molar-refractivity contribution >= 4 is 16.7 Å². The number of hydrogen-bond donors (Lipinski definition) is 0. The first-order chi connectivity index (χ1) is 13.6. The van der Waals surface area contributed by atoms with Gasteiger partial charge in [-0.1, -0.05) is 18.2 Å². The Morgan fingerprint density at radius 1 is 1.04 bits per heavy atom. The van der Waals surface area contributed by atoms with Gasteiger partial charge in [0.05, 0.1) is 11.4 Å². The summed E-state index contributed by atoms with van der Waals surface area (Å²) in [7, 11) is 0. The lowest BCUT2D eigenvalue weighted by Crippen LogP contribution is -2.39. The number of fused-ring (bicyclic) bond motifs is 1. The molecule has 0 aliphatic carbocycles. The minimum atomic E-state index is -0.154. The van der Waals surface area contributed by atoms with Gasteiger partial charge >= 0.3 is 0 Å². The van der Waals surface area contributed by atoms with Crippen molar-refractivity contribution in [3.8, 4) is 0 Å². The van der Waals surface area contributed by atoms with E-state index >= 15 is 0 Å². The minimum Gasteiger partial charge on any atom is -0.337 e. The van der Waals surface area contributed by atoms with Crippen molar-refractivity contribution < 1.29 is 4.79 Å². The number of nitrogens with zero attached hydrogens (tertiary/aromatic N) is 4. The van der Waals surface area contributed by atoms with Crippen LogP contribution in [0.5, 0.6) is 0 Å². The molecule has 28 heavy (non-hydrogen) atoms. The molecule has 1 fully saturated rings. The molecule has 0 N–H and O–H groups in total. The third-order valence-electron chi connectivity index (χ3n) is 5.48. The molecule has 144 valence electrons. The highest BCUT2D eigenvalue weighted by Crippen LogP contribution is 2.28. The molecule has 0 atom stereocenters. The Labute approximate surface area is 163 Å². The van der Waals surface area contributed by atoms with Gasteiger partial charge in [-0.25, -0.2) is 4.68 Å². The SMILES string of the molecule is CC(C)n1nc(C(=O)N2CCC(c3ccncc3)CC2)c2ccccc2c1=O. The molecule has 1 aromatic carbocycles. The molecule has 3 aromatic rings. The first kappa shape index (κ1) is 18.3. The van der Waals surface area contributed by atoms with Crippen molar-refractivity contribution in [3.05, 3.63) is 70.4 Å². The zero-order valence-electron chi connectivity index (χ0n) is 16.2. The van der Waals surface area contributed by atoms with Gasteiger partial charge in [0.2, 0.25) is 0 Å². The summed E-state index contributed by atoms with van der Waals surface area (Å²) in [4.78, 5) is 31.9. The summed E-state index contributed by atoms with van der Waals surface area (Å²) in [5.74, 6) is 0.347. The number of hydrogen-bond acceptors (Lipinski definition) is 4. The van der Waals surface area contributed by atoms with E-state index in [1.165, 1.54) is 10.2 Å². The zero-order chi connectivity index (χ0) is 19.7. The lowest BCUT2D eigenvalue weighted by molar-refractivity contribution is 0.0706. The van der Waals surface area contributed by atoms with Gasteiger partial charge in [0.15, 0.2) is 5.69 Å². The van der Waals surface area contributed by atoms with Crippen LogP contribution >= 0.6 is 0 Å². The molecular weight excluding hydrogens is 352 g/mol. The molecule has 2 aromatic heterocycles. The maximum absolute atomic E-state index is 13.3. The Kier molecular flexibility index (Phi) is 4.94. The van der Waals surface area contributed by atoms with Gasteiger partial charge in [-0.2, -0.15) is 5.10 Å². The predicted octanol–water partition coefficient (Wildman–Crippen LogP) is 3.39. The van der Waals surface area contributed by atoms with Crippen LogP contribution < -0.4 is 5.56 Å². The number of rotatable bonds is 3. The minimum absolute atomic E-state index is 0.0984. The fraction of sp³-hybridized carbons (Fsp3) is 0.364. The summed E-state index contributed by atoms with van der Waals surface area (Å²) in [5.41, 5.74) is 1.49. The normalized spacial score (nSPS) is 15.3. The zero-order valence-corrected chi connectivity index (χ0v) is 16.2. The third kappa shape index (κ3) is 3.30. The van der Waals surface area contributed by atoms with Gasteiger partial charge in [-0.3, -0.25) is 14.6 Å². The highest BCUT2D eigenvalue weighted by Gasteiger charge is 2.27. The third-order valence-corrected chi connectivity index (χ3v) is 5.48. The molecule has 0 saturated carbocycles. The molecule has 4 rings (SSSR count). The molecule has 0 radical (unpaired) electrons. The number of aromatic nitrogens is 3. The van der Waals surface area contributed by atoms with E-state index in [4.69, 9.17) is 0 Å². The van der Waals surface area contributed by atoms with Gasteiger partial charge in [0, 0.05) is 30.9 Å². The average Bonchev–Trinajstić information content (AvgIpc) is 2.74. The number of benzene rings is 1. The second-order valence-electron chi connectivity index (χ2n) is 7.58. The Hall–Kier alpha value is -3.02. The van der Waals surface area contributed by atoms with Gasteiger partial charge in [0.1, 0.15) is 0 Å². The Balaban J connectivity index is 1.63. The lowest BCUT2D eigenvalue weighted by Gasteiger charge is -2.32. The molecule has 1 aliphatic heterocycles. The number of amides is 1. The van der Waals surface area contributed by atoms with Crippen molar-refractivity contribution in [2.24, 2.45) is 0 Å². The van der Waals surface area contributed by atoms with E-state index in [1.807, 2.05) is 49.3 Å². The Bertz CT molecular complexity index is 1050. The second-order valence-corrected chi connectivity index (χ2v) is 7.58. The van der Waals surface area contributed by atoms with Crippen molar-refractivity contribution in [1.29, 1.82) is 0 Å². The Morgan fingerprint density at radius 3 is 2.32 bits per heavy atom. The molecule has 3 heterocycles. The number of pyridine rings is 1. The van der Waals surface area contributed by atoms with Crippen molar-refractivity contribution in [2.45, 2.75) is 38.6 Å². The summed E-state index contributed by atoms with van der Waals surface area (Å²) in [6, 6.07) is 11.2. The topological polar surface area (TPSA) is 68.1 Å². The highest BCUT2D eigenvalue weighted by molar-refractivity contribution is 6.04. The fourth-order valence-electron chi connectivity index (χ4n) is 3.92. The van der Waals surface area contributed by atoms with Crippen molar-refractivity contribution in [1.82, 2.24) is 19.7 Å². The summed E-state index contributed by atoms with van der Waals surface area (Å²) in [6.45, 7) is 5.17. The monoisotopic (exact) mass is 376 g/mol. The van der Waals surface area contributed by atoms with Crippen LogP contribution in [0.3, 0.4) is 0 Å². The number of carbonyl (C=O) groups excluding carboxylic acids is 1. The van der Waals surface area contributed by atoms with Crippen molar-refractivity contribution in [3.63, 3.8) is 0 Å². The summed E-state index contributed by atoms with van der Waals surface area (Å²) < 4.78 is 1.42. The molecule has 1 saturated heterocycles. The summed E-state index contributed by atoms with van der Waals surface area (Å²) in [6.07, 6.45) is 5.46. The van der Waals surface area contributed by atoms with E-state index in [0.717, 1.165) is 12.8 Å². The first-order valence-electron chi connectivity index (χ1n) is 9.77. The highest BCUT2D eigenvalue weighted by atomic mass is 16.2. The van der Waals surface area contributed by atoms with Crippen LogP contribution in [0.4, 0.5) is 0 Å². The van der Waals surface area contributed by atoms with Crippen LogP contribution in [-0.4, -0.2) is 38.7 Å². The smallest absolute Gasteiger partial charge is 0.274 e. The van der Waals surface area contributed by atoms with E-state index < -0.39 is 0 Å². The first-order valence-corrected chi connectivity index (χ1v) is 9.77. The van der Waals surface area contributed by atoms with Crippen molar-refractivity contribution in [2.75, 3.05) is 13.1 Å². The number of carbonyl (C=O) groups is 1. The maximum atomic E-state index is 13.3. The molecular formula is C22H24N4O2. The van der Waals surface area contributed by atoms with Crippen LogP contribution in [0.25, 0.3) is 10.8 Å². The molecule has 0 spiro atoms. The quantitative estimate of drug-likeness (QED) is 0.703. The van der Waals surface area contributed by atoms with E-state index in [2.05, 4.69) is 22.2 Å². The van der Waals surface area contributed by atoms with E-state index in [1.54, 1.807) is 6.07 Å². The molecule has 0 unspecified atom stereocenters. The van der Waals surface area contributed by atoms with E-state index in [9.17, 15) is 9.59 Å². The molecule has 1 aliphatic rings. The van der Waals surface area contributed by atoms with Crippen LogP contribution in [0.2, 0.25) is 0 Å². The van der Waals surface area contributed by atoms with Crippen LogP contribution in [-0.2, 0) is 0 Å². The molecule has 1 amide bonds. The van der Waals surface area contributed by atoms with Crippen LogP contribution in [0.1, 0.15) is 54.7 Å². The lowest BCUT2D eigenvalue weighted by atomic mass is 9.90. The van der Waals surface area contributed by atoms with Crippen LogP contribution in [0.15, 0.2) is 53.6 Å². The number of likely N-dealkylation sites (tertiary alicyclic amines) is 1.